The zero-order valence-electron chi connectivity index (χ0n) is 10.6. The molecule has 0 unspecified atom stereocenters. The van der Waals surface area contributed by atoms with Crippen molar-refractivity contribution in [3.63, 3.8) is 0 Å². The number of hydrogen-bond acceptors (Lipinski definition) is 2. The lowest BCUT2D eigenvalue weighted by molar-refractivity contribution is -0.684. The second kappa shape index (κ2) is 7.59. The monoisotopic (exact) mass is 383 g/mol. The summed E-state index contributed by atoms with van der Waals surface area (Å²) in [5, 5.41) is 2.77. The number of nitrogens with zero attached hydrogens (tertiary/aromatic N) is 1. The van der Waals surface area contributed by atoms with Crippen LogP contribution in [-0.2, 0) is 11.3 Å². The number of hydrogen-bond donors (Lipinski definition) is 2. The number of nitrogens with one attached hydrogen (secondary N) is 1. The molecule has 20 heavy (non-hydrogen) atoms. The van der Waals surface area contributed by atoms with E-state index in [1.165, 1.54) is 0 Å². The number of aromatic nitrogens is 1. The van der Waals surface area contributed by atoms with Crippen LogP contribution in [0.2, 0.25) is 0 Å². The van der Waals surface area contributed by atoms with Crippen LogP contribution in [0.25, 0.3) is 0 Å². The number of rotatable bonds is 4. The quantitative estimate of drug-likeness (QED) is 0.461. The highest BCUT2D eigenvalue weighted by Gasteiger charge is 2.08. The van der Waals surface area contributed by atoms with Gasteiger partial charge in [0.05, 0.1) is 5.69 Å². The Morgan fingerprint density at radius 1 is 1.05 bits per heavy atom. The van der Waals surface area contributed by atoms with E-state index in [-0.39, 0.29) is 36.4 Å². The zero-order valence-corrected chi connectivity index (χ0v) is 12.8. The molecule has 2 rings (SSSR count). The van der Waals surface area contributed by atoms with Gasteiger partial charge >= 0.3 is 0 Å². The maximum absolute atomic E-state index is 11.9. The molecule has 2 aromatic rings. The minimum atomic E-state index is -0.411. The predicted octanol–water partition coefficient (Wildman–Crippen LogP) is -2.28. The van der Waals surface area contributed by atoms with Gasteiger partial charge in [-0.2, -0.15) is 4.57 Å². The number of primary amides is 1. The Morgan fingerprint density at radius 2 is 1.65 bits per heavy atom. The number of carbonyl (C=O) groups excluding carboxylic acids is 2. The Balaban J connectivity index is 0.00000200. The van der Waals surface area contributed by atoms with Crippen molar-refractivity contribution >= 4 is 17.5 Å². The maximum atomic E-state index is 11.9. The van der Waals surface area contributed by atoms with Crippen LogP contribution in [0, 0.1) is 0 Å². The SMILES string of the molecule is NC(=O)C[n+]1ccc(NC(=O)c2ccccc2)cc1.[I-]. The van der Waals surface area contributed by atoms with Gasteiger partial charge in [-0.15, -0.1) is 0 Å². The topological polar surface area (TPSA) is 76.1 Å². The minimum Gasteiger partial charge on any atom is -1.00 e. The predicted molar refractivity (Wildman–Crippen MR) is 70.2 cm³/mol. The van der Waals surface area contributed by atoms with Gasteiger partial charge in [0.1, 0.15) is 0 Å². The van der Waals surface area contributed by atoms with Crippen molar-refractivity contribution in [3.05, 3.63) is 60.4 Å². The third kappa shape index (κ3) is 4.61. The van der Waals surface area contributed by atoms with Crippen molar-refractivity contribution in [1.29, 1.82) is 0 Å². The van der Waals surface area contributed by atoms with Crippen molar-refractivity contribution < 1.29 is 38.1 Å². The summed E-state index contributed by atoms with van der Waals surface area (Å²) in [6.45, 7) is 0.118. The van der Waals surface area contributed by atoms with E-state index in [1.54, 1.807) is 53.4 Å². The van der Waals surface area contributed by atoms with Crippen LogP contribution in [0.3, 0.4) is 0 Å². The Hall–Kier alpha value is -1.96. The molecule has 3 N–H and O–H groups in total. The summed E-state index contributed by atoms with van der Waals surface area (Å²) in [4.78, 5) is 22.6. The van der Waals surface area contributed by atoms with Gasteiger partial charge in [-0.1, -0.05) is 18.2 Å². The maximum Gasteiger partial charge on any atom is 0.283 e. The molecule has 0 bridgehead atoms. The molecule has 0 atom stereocenters. The van der Waals surface area contributed by atoms with Gasteiger partial charge in [-0.3, -0.25) is 9.59 Å². The Kier molecular flexibility index (Phi) is 6.10. The third-order valence-electron chi connectivity index (χ3n) is 2.52. The molecule has 0 saturated heterocycles. The van der Waals surface area contributed by atoms with E-state index in [0.717, 1.165) is 0 Å². The van der Waals surface area contributed by atoms with Crippen molar-refractivity contribution in [2.24, 2.45) is 5.73 Å². The molecule has 1 aromatic carbocycles. The minimum absolute atomic E-state index is 0. The molecule has 1 aromatic heterocycles. The fraction of sp³-hybridized carbons (Fsp3) is 0.0714. The normalized spacial score (nSPS) is 9.40. The van der Waals surface area contributed by atoms with Crippen LogP contribution in [0.1, 0.15) is 10.4 Å². The van der Waals surface area contributed by atoms with Crippen LogP contribution in [0.5, 0.6) is 0 Å². The molecule has 104 valence electrons. The number of amides is 2. The van der Waals surface area contributed by atoms with Gasteiger partial charge < -0.3 is 35.0 Å². The molecule has 0 aliphatic heterocycles. The Bertz CT molecular complexity index is 585. The van der Waals surface area contributed by atoms with E-state index in [2.05, 4.69) is 5.32 Å². The van der Waals surface area contributed by atoms with Crippen LogP contribution in [-0.4, -0.2) is 11.8 Å². The second-order valence-corrected chi connectivity index (χ2v) is 4.05. The highest BCUT2D eigenvalue weighted by molar-refractivity contribution is 6.04. The zero-order chi connectivity index (χ0) is 13.7. The first kappa shape index (κ1) is 16.1. The molecule has 0 spiro atoms. The number of carbonyl (C=O) groups is 2. The second-order valence-electron chi connectivity index (χ2n) is 4.05. The molecule has 1 heterocycles. The number of benzene rings is 1. The molecule has 0 saturated carbocycles. The van der Waals surface area contributed by atoms with Crippen molar-refractivity contribution in [2.75, 3.05) is 5.32 Å². The van der Waals surface area contributed by atoms with Gasteiger partial charge in [0.2, 0.25) is 6.54 Å². The first-order valence-corrected chi connectivity index (χ1v) is 5.79. The Morgan fingerprint density at radius 3 is 2.20 bits per heavy atom. The van der Waals surface area contributed by atoms with Crippen LogP contribution in [0.4, 0.5) is 5.69 Å². The summed E-state index contributed by atoms with van der Waals surface area (Å²) >= 11 is 0. The molecule has 6 heteroatoms. The summed E-state index contributed by atoms with van der Waals surface area (Å²) in [6, 6.07) is 12.4. The van der Waals surface area contributed by atoms with E-state index < -0.39 is 5.91 Å². The van der Waals surface area contributed by atoms with Crippen LogP contribution < -0.4 is 39.6 Å². The van der Waals surface area contributed by atoms with Gasteiger partial charge in [-0.05, 0) is 12.1 Å². The molecule has 0 aliphatic carbocycles. The smallest absolute Gasteiger partial charge is 0.283 e. The summed E-state index contributed by atoms with van der Waals surface area (Å²) in [7, 11) is 0. The van der Waals surface area contributed by atoms with Gasteiger partial charge in [0.25, 0.3) is 11.8 Å². The highest BCUT2D eigenvalue weighted by atomic mass is 127. The molecular formula is C14H14IN3O2. The lowest BCUT2D eigenvalue weighted by Gasteiger charge is -2.04. The highest BCUT2D eigenvalue weighted by Crippen LogP contribution is 2.06. The summed E-state index contributed by atoms with van der Waals surface area (Å²) in [5.41, 5.74) is 6.35. The summed E-state index contributed by atoms with van der Waals surface area (Å²) < 4.78 is 1.64. The average Bonchev–Trinajstić information content (AvgIpc) is 2.41. The van der Waals surface area contributed by atoms with Crippen LogP contribution >= 0.6 is 0 Å². The van der Waals surface area contributed by atoms with Crippen molar-refractivity contribution in [2.45, 2.75) is 6.54 Å². The number of pyridine rings is 1. The molecule has 2 amide bonds. The lowest BCUT2D eigenvalue weighted by atomic mass is 10.2. The van der Waals surface area contributed by atoms with Crippen LogP contribution in [0.15, 0.2) is 54.9 Å². The largest absolute Gasteiger partial charge is 1.00 e. The number of halogens is 1. The van der Waals surface area contributed by atoms with E-state index in [4.69, 9.17) is 5.73 Å². The standard InChI is InChI=1S/C14H13N3O2.HI/c15-13(18)10-17-8-6-12(7-9-17)16-14(19)11-4-2-1-3-5-11;/h1-9H,10H2,(H2,15,18);1H. The van der Waals surface area contributed by atoms with Gasteiger partial charge in [0.15, 0.2) is 12.4 Å². The lowest BCUT2D eigenvalue weighted by Crippen LogP contribution is -3.00. The van der Waals surface area contributed by atoms with Crippen molar-refractivity contribution in [1.82, 2.24) is 0 Å². The molecule has 5 nitrogen and oxygen atoms in total. The molecule has 0 aliphatic rings. The first-order chi connectivity index (χ1) is 9.15. The number of anilines is 1. The first-order valence-electron chi connectivity index (χ1n) is 5.79. The fourth-order valence-corrected chi connectivity index (χ4v) is 1.62. The van der Waals surface area contributed by atoms with E-state index in [1.807, 2.05) is 6.07 Å². The Labute approximate surface area is 133 Å². The number of nitrogens with two attached hydrogens (primary N) is 1. The van der Waals surface area contributed by atoms with Gasteiger partial charge in [0, 0.05) is 17.7 Å². The fourth-order valence-electron chi connectivity index (χ4n) is 1.62. The van der Waals surface area contributed by atoms with E-state index >= 15 is 0 Å². The third-order valence-corrected chi connectivity index (χ3v) is 2.52. The average molecular weight is 383 g/mol. The summed E-state index contributed by atoms with van der Waals surface area (Å²) in [5.74, 6) is -0.584. The van der Waals surface area contributed by atoms with Crippen molar-refractivity contribution in [3.8, 4) is 0 Å². The molecular weight excluding hydrogens is 369 g/mol. The van der Waals surface area contributed by atoms with Gasteiger partial charge in [-0.25, -0.2) is 0 Å². The van der Waals surface area contributed by atoms with E-state index in [9.17, 15) is 9.59 Å². The molecule has 0 radical (unpaired) electrons. The molecule has 0 fully saturated rings. The summed E-state index contributed by atoms with van der Waals surface area (Å²) in [6.07, 6.45) is 3.37. The van der Waals surface area contributed by atoms with E-state index in [0.29, 0.717) is 11.3 Å².